The molecule has 3 rings (SSSR count). The molecule has 2 aromatic carbocycles. The normalized spacial score (nSPS) is 16.0. The zero-order valence-electron chi connectivity index (χ0n) is 16.2. The Morgan fingerprint density at radius 2 is 1.70 bits per heavy atom. The van der Waals surface area contributed by atoms with Crippen molar-refractivity contribution in [2.45, 2.75) is 19.4 Å². The number of hydrogen-bond donors (Lipinski definition) is 1. The first-order chi connectivity index (χ1) is 13.2. The van der Waals surface area contributed by atoms with Gasteiger partial charge in [-0.05, 0) is 43.2 Å². The van der Waals surface area contributed by atoms with E-state index in [0.29, 0.717) is 6.54 Å². The minimum Gasteiger partial charge on any atom is -0.497 e. The van der Waals surface area contributed by atoms with E-state index in [1.165, 1.54) is 11.3 Å². The van der Waals surface area contributed by atoms with E-state index in [4.69, 9.17) is 4.74 Å². The maximum Gasteiger partial charge on any atom is 0.237 e. The highest BCUT2D eigenvalue weighted by atomic mass is 16.5. The number of carbonyl (C=O) groups is 1. The van der Waals surface area contributed by atoms with Crippen molar-refractivity contribution in [3.05, 3.63) is 60.2 Å². The Morgan fingerprint density at radius 3 is 2.33 bits per heavy atom. The average molecular weight is 367 g/mol. The molecule has 0 radical (unpaired) electrons. The highest BCUT2D eigenvalue weighted by Crippen LogP contribution is 2.16. The van der Waals surface area contributed by atoms with E-state index in [9.17, 15) is 4.79 Å². The molecular formula is C22H29N3O2. The maximum atomic E-state index is 12.5. The Morgan fingerprint density at radius 1 is 1.04 bits per heavy atom. The van der Waals surface area contributed by atoms with Crippen LogP contribution in [0.1, 0.15) is 12.5 Å². The smallest absolute Gasteiger partial charge is 0.237 e. The Kier molecular flexibility index (Phi) is 6.71. The second-order valence-corrected chi connectivity index (χ2v) is 6.92. The van der Waals surface area contributed by atoms with Gasteiger partial charge >= 0.3 is 0 Å². The number of anilines is 1. The Balaban J connectivity index is 1.41. The minimum atomic E-state index is -0.0983. The number of amides is 1. The number of methoxy groups -OCH3 is 1. The molecule has 0 bridgehead atoms. The van der Waals surface area contributed by atoms with E-state index in [-0.39, 0.29) is 11.9 Å². The first-order valence-corrected chi connectivity index (χ1v) is 9.62. The quantitative estimate of drug-likeness (QED) is 0.817. The van der Waals surface area contributed by atoms with Crippen LogP contribution in [0.15, 0.2) is 54.6 Å². The standard InChI is InChI=1S/C22H29N3O2/c1-18(22(26)23-13-12-19-8-10-21(27-2)11-9-19)24-14-16-25(17-15-24)20-6-4-3-5-7-20/h3-11,18H,12-17H2,1-2H3,(H,23,26). The first kappa shape index (κ1) is 19.2. The second kappa shape index (κ2) is 9.42. The molecule has 5 nitrogen and oxygen atoms in total. The van der Waals surface area contributed by atoms with Gasteiger partial charge in [0.1, 0.15) is 5.75 Å². The lowest BCUT2D eigenvalue weighted by Crippen LogP contribution is -2.54. The predicted octanol–water partition coefficient (Wildman–Crippen LogP) is 2.56. The van der Waals surface area contributed by atoms with Gasteiger partial charge in [0.05, 0.1) is 13.2 Å². The molecule has 5 heteroatoms. The Bertz CT molecular complexity index is 710. The van der Waals surface area contributed by atoms with Crippen molar-refractivity contribution in [1.82, 2.24) is 10.2 Å². The number of nitrogens with zero attached hydrogens (tertiary/aromatic N) is 2. The molecule has 1 heterocycles. The lowest BCUT2D eigenvalue weighted by Gasteiger charge is -2.38. The zero-order chi connectivity index (χ0) is 19.1. The molecule has 1 amide bonds. The largest absolute Gasteiger partial charge is 0.497 e. The topological polar surface area (TPSA) is 44.8 Å². The molecular weight excluding hydrogens is 338 g/mol. The molecule has 1 aliphatic heterocycles. The van der Waals surface area contributed by atoms with E-state index in [2.05, 4.69) is 39.4 Å². The second-order valence-electron chi connectivity index (χ2n) is 6.92. The minimum absolute atomic E-state index is 0.0983. The molecule has 27 heavy (non-hydrogen) atoms. The summed E-state index contributed by atoms with van der Waals surface area (Å²) in [6.45, 7) is 6.37. The summed E-state index contributed by atoms with van der Waals surface area (Å²) in [5, 5.41) is 3.07. The fourth-order valence-corrected chi connectivity index (χ4v) is 3.44. The fraction of sp³-hybridized carbons (Fsp3) is 0.409. The van der Waals surface area contributed by atoms with Crippen molar-refractivity contribution in [2.75, 3.05) is 44.7 Å². The van der Waals surface area contributed by atoms with Crippen molar-refractivity contribution in [1.29, 1.82) is 0 Å². The summed E-state index contributed by atoms with van der Waals surface area (Å²) in [6, 6.07) is 18.3. The van der Waals surface area contributed by atoms with Crippen LogP contribution in [-0.4, -0.2) is 56.7 Å². The lowest BCUT2D eigenvalue weighted by atomic mass is 10.1. The number of hydrogen-bond acceptors (Lipinski definition) is 4. The van der Waals surface area contributed by atoms with Crippen molar-refractivity contribution >= 4 is 11.6 Å². The maximum absolute atomic E-state index is 12.5. The number of rotatable bonds is 7. The van der Waals surface area contributed by atoms with Crippen molar-refractivity contribution < 1.29 is 9.53 Å². The highest BCUT2D eigenvalue weighted by molar-refractivity contribution is 5.81. The molecule has 0 aliphatic carbocycles. The fourth-order valence-electron chi connectivity index (χ4n) is 3.44. The third kappa shape index (κ3) is 5.23. The van der Waals surface area contributed by atoms with Gasteiger partial charge in [0.25, 0.3) is 0 Å². The van der Waals surface area contributed by atoms with Gasteiger partial charge in [-0.25, -0.2) is 0 Å². The third-order valence-electron chi connectivity index (χ3n) is 5.23. The Hall–Kier alpha value is -2.53. The number of carbonyl (C=O) groups excluding carboxylic acids is 1. The predicted molar refractivity (Wildman–Crippen MR) is 109 cm³/mol. The van der Waals surface area contributed by atoms with Crippen LogP contribution in [0, 0.1) is 0 Å². The van der Waals surface area contributed by atoms with Crippen molar-refractivity contribution in [3.63, 3.8) is 0 Å². The molecule has 1 atom stereocenters. The van der Waals surface area contributed by atoms with E-state index >= 15 is 0 Å². The van der Waals surface area contributed by atoms with Gasteiger partial charge in [-0.15, -0.1) is 0 Å². The average Bonchev–Trinajstić information content (AvgIpc) is 2.74. The van der Waals surface area contributed by atoms with Crippen LogP contribution in [0.5, 0.6) is 5.75 Å². The summed E-state index contributed by atoms with van der Waals surface area (Å²) in [5.41, 5.74) is 2.45. The molecule has 1 saturated heterocycles. The summed E-state index contributed by atoms with van der Waals surface area (Å²) >= 11 is 0. The summed E-state index contributed by atoms with van der Waals surface area (Å²) in [4.78, 5) is 17.1. The van der Waals surface area contributed by atoms with Gasteiger partial charge in [-0.2, -0.15) is 0 Å². The lowest BCUT2D eigenvalue weighted by molar-refractivity contribution is -0.125. The van der Waals surface area contributed by atoms with Crippen LogP contribution in [0.3, 0.4) is 0 Å². The number of ether oxygens (including phenoxy) is 1. The van der Waals surface area contributed by atoms with Crippen LogP contribution in [-0.2, 0) is 11.2 Å². The van der Waals surface area contributed by atoms with Gasteiger partial charge in [-0.3, -0.25) is 9.69 Å². The molecule has 144 valence electrons. The van der Waals surface area contributed by atoms with Gasteiger partial charge in [-0.1, -0.05) is 30.3 Å². The first-order valence-electron chi connectivity index (χ1n) is 9.62. The van der Waals surface area contributed by atoms with Gasteiger partial charge in [0.2, 0.25) is 5.91 Å². The SMILES string of the molecule is COc1ccc(CCNC(=O)C(C)N2CCN(c3ccccc3)CC2)cc1. The number of nitrogens with one attached hydrogen (secondary N) is 1. The van der Waals surface area contributed by atoms with Crippen LogP contribution >= 0.6 is 0 Å². The summed E-state index contributed by atoms with van der Waals surface area (Å²) < 4.78 is 5.17. The summed E-state index contributed by atoms with van der Waals surface area (Å²) in [7, 11) is 1.66. The third-order valence-corrected chi connectivity index (χ3v) is 5.23. The molecule has 1 aliphatic rings. The van der Waals surface area contributed by atoms with E-state index in [1.54, 1.807) is 7.11 Å². The summed E-state index contributed by atoms with van der Waals surface area (Å²) in [6.07, 6.45) is 0.824. The summed E-state index contributed by atoms with van der Waals surface area (Å²) in [5.74, 6) is 0.961. The number of piperazine rings is 1. The molecule has 0 spiro atoms. The molecule has 0 saturated carbocycles. The van der Waals surface area contributed by atoms with E-state index in [1.807, 2.05) is 37.3 Å². The van der Waals surface area contributed by atoms with Crippen molar-refractivity contribution in [3.8, 4) is 5.75 Å². The van der Waals surface area contributed by atoms with Crippen LogP contribution < -0.4 is 15.0 Å². The van der Waals surface area contributed by atoms with Crippen LogP contribution in [0.4, 0.5) is 5.69 Å². The molecule has 0 aromatic heterocycles. The molecule has 1 unspecified atom stereocenters. The van der Waals surface area contributed by atoms with E-state index < -0.39 is 0 Å². The van der Waals surface area contributed by atoms with Gasteiger partial charge < -0.3 is 15.0 Å². The zero-order valence-corrected chi connectivity index (χ0v) is 16.2. The van der Waals surface area contributed by atoms with E-state index in [0.717, 1.165) is 38.3 Å². The van der Waals surface area contributed by atoms with Gasteiger partial charge in [0, 0.05) is 38.4 Å². The van der Waals surface area contributed by atoms with Crippen LogP contribution in [0.25, 0.3) is 0 Å². The highest BCUT2D eigenvalue weighted by Gasteiger charge is 2.25. The molecule has 1 N–H and O–H groups in total. The molecule has 1 fully saturated rings. The van der Waals surface area contributed by atoms with Gasteiger partial charge in [0.15, 0.2) is 0 Å². The van der Waals surface area contributed by atoms with Crippen LogP contribution in [0.2, 0.25) is 0 Å². The van der Waals surface area contributed by atoms with Crippen molar-refractivity contribution in [2.24, 2.45) is 0 Å². The molecule has 2 aromatic rings. The Labute approximate surface area is 161 Å². The number of para-hydroxylation sites is 1. The number of benzene rings is 2. The monoisotopic (exact) mass is 367 g/mol.